The molecule has 0 aliphatic carbocycles. The van der Waals surface area contributed by atoms with Crippen molar-refractivity contribution in [3.8, 4) is 23.2 Å². The Morgan fingerprint density at radius 1 is 1.17 bits per heavy atom. The smallest absolute Gasteiger partial charge is 0.159 e. The molecule has 1 aromatic carbocycles. The summed E-state index contributed by atoms with van der Waals surface area (Å²) in [6.45, 7) is 5.29. The highest BCUT2D eigenvalue weighted by Crippen LogP contribution is 2.19. The van der Waals surface area contributed by atoms with Gasteiger partial charge in [0.2, 0.25) is 0 Å². The lowest BCUT2D eigenvalue weighted by Gasteiger charge is -2.06. The molecule has 0 atom stereocenters. The Labute approximate surface area is 143 Å². The fraction of sp³-hybridized carbons (Fsp3) is 0.400. The summed E-state index contributed by atoms with van der Waals surface area (Å²) in [5, 5.41) is 9.59. The van der Waals surface area contributed by atoms with Crippen molar-refractivity contribution >= 4 is 0 Å². The zero-order valence-electron chi connectivity index (χ0n) is 14.4. The molecule has 0 saturated heterocycles. The van der Waals surface area contributed by atoms with Crippen LogP contribution in [0.5, 0.6) is 0 Å². The monoisotopic (exact) mass is 326 g/mol. The van der Waals surface area contributed by atoms with E-state index in [1.54, 1.807) is 38.4 Å². The van der Waals surface area contributed by atoms with Crippen molar-refractivity contribution in [2.45, 2.75) is 52.1 Å². The number of hydrogen-bond donors (Lipinski definition) is 1. The Bertz CT molecular complexity index is 737. The lowest BCUT2D eigenvalue weighted by molar-refractivity contribution is 0.143. The highest BCUT2D eigenvalue weighted by atomic mass is 19.1. The van der Waals surface area contributed by atoms with Gasteiger partial charge in [0.1, 0.15) is 11.4 Å². The quantitative estimate of drug-likeness (QED) is 0.663. The van der Waals surface area contributed by atoms with Crippen molar-refractivity contribution in [3.05, 3.63) is 47.5 Å². The van der Waals surface area contributed by atoms with Crippen LogP contribution in [0.2, 0.25) is 0 Å². The molecule has 126 valence electrons. The lowest BCUT2D eigenvalue weighted by Crippen LogP contribution is -2.14. The lowest BCUT2D eigenvalue weighted by atomic mass is 10.1. The van der Waals surface area contributed by atoms with E-state index in [1.807, 2.05) is 0 Å². The Balaban J connectivity index is 2.15. The van der Waals surface area contributed by atoms with Crippen molar-refractivity contribution in [2.75, 3.05) is 0 Å². The maximum atomic E-state index is 14.2. The SMILES string of the molecule is CCCCCc1cnc(-c2ccc(C#CC(C)(C)O)c(F)c2)nc1. The van der Waals surface area contributed by atoms with Crippen LogP contribution in [0.1, 0.15) is 51.2 Å². The van der Waals surface area contributed by atoms with Crippen molar-refractivity contribution in [2.24, 2.45) is 0 Å². The van der Waals surface area contributed by atoms with Gasteiger partial charge >= 0.3 is 0 Å². The molecule has 1 aromatic heterocycles. The fourth-order valence-corrected chi connectivity index (χ4v) is 2.19. The van der Waals surface area contributed by atoms with Crippen LogP contribution in [-0.2, 0) is 6.42 Å². The predicted octanol–water partition coefficient (Wildman–Crippen LogP) is 4.14. The maximum absolute atomic E-state index is 14.2. The topological polar surface area (TPSA) is 46.0 Å². The normalized spacial score (nSPS) is 11.0. The van der Waals surface area contributed by atoms with E-state index in [0.717, 1.165) is 18.4 Å². The Morgan fingerprint density at radius 3 is 2.46 bits per heavy atom. The second kappa shape index (κ2) is 8.03. The highest BCUT2D eigenvalue weighted by Gasteiger charge is 2.09. The zero-order valence-corrected chi connectivity index (χ0v) is 14.4. The van der Waals surface area contributed by atoms with E-state index >= 15 is 0 Å². The molecule has 1 heterocycles. The number of aryl methyl sites for hydroxylation is 1. The van der Waals surface area contributed by atoms with Gasteiger partial charge < -0.3 is 5.11 Å². The van der Waals surface area contributed by atoms with E-state index in [9.17, 15) is 9.50 Å². The van der Waals surface area contributed by atoms with Crippen LogP contribution in [0, 0.1) is 17.7 Å². The Hall–Kier alpha value is -2.25. The van der Waals surface area contributed by atoms with Crippen LogP contribution in [0.25, 0.3) is 11.4 Å². The van der Waals surface area contributed by atoms with Gasteiger partial charge in [-0.25, -0.2) is 14.4 Å². The van der Waals surface area contributed by atoms with Crippen molar-refractivity contribution in [3.63, 3.8) is 0 Å². The Morgan fingerprint density at radius 2 is 1.88 bits per heavy atom. The standard InChI is InChI=1S/C20H23FN2O/c1-4-5-6-7-15-13-22-19(23-14-15)17-9-8-16(18(21)12-17)10-11-20(2,3)24/h8-9,12-14,24H,4-7H2,1-3H3. The summed E-state index contributed by atoms with van der Waals surface area (Å²) in [6, 6.07) is 4.70. The van der Waals surface area contributed by atoms with Crippen molar-refractivity contribution in [1.82, 2.24) is 9.97 Å². The molecular weight excluding hydrogens is 303 g/mol. The second-order valence-electron chi connectivity index (χ2n) is 6.38. The molecule has 24 heavy (non-hydrogen) atoms. The van der Waals surface area contributed by atoms with E-state index in [4.69, 9.17) is 0 Å². The van der Waals surface area contributed by atoms with E-state index in [-0.39, 0.29) is 5.56 Å². The largest absolute Gasteiger partial charge is 0.378 e. The number of benzene rings is 1. The van der Waals surface area contributed by atoms with Crippen LogP contribution >= 0.6 is 0 Å². The zero-order chi connectivity index (χ0) is 17.6. The third kappa shape index (κ3) is 5.43. The minimum atomic E-state index is -1.15. The van der Waals surface area contributed by atoms with Gasteiger partial charge in [-0.3, -0.25) is 0 Å². The molecule has 0 spiro atoms. The molecule has 0 fully saturated rings. The number of rotatable bonds is 5. The second-order valence-corrected chi connectivity index (χ2v) is 6.38. The van der Waals surface area contributed by atoms with Gasteiger partial charge in [0.25, 0.3) is 0 Å². The highest BCUT2D eigenvalue weighted by molar-refractivity contribution is 5.57. The van der Waals surface area contributed by atoms with Crippen LogP contribution in [-0.4, -0.2) is 20.7 Å². The van der Waals surface area contributed by atoms with Crippen molar-refractivity contribution in [1.29, 1.82) is 0 Å². The number of hydrogen-bond acceptors (Lipinski definition) is 3. The number of aliphatic hydroxyl groups is 1. The van der Waals surface area contributed by atoms with Gasteiger partial charge in [-0.1, -0.05) is 31.6 Å². The summed E-state index contributed by atoms with van der Waals surface area (Å²) in [5.41, 5.74) is 0.806. The molecule has 1 N–H and O–H groups in total. The van der Waals surface area contributed by atoms with Gasteiger partial charge in [-0.15, -0.1) is 0 Å². The molecule has 0 aliphatic rings. The van der Waals surface area contributed by atoms with Gasteiger partial charge in [0.05, 0.1) is 5.56 Å². The molecule has 3 nitrogen and oxygen atoms in total. The summed E-state index contributed by atoms with van der Waals surface area (Å²) in [7, 11) is 0. The molecule has 0 bridgehead atoms. The molecule has 0 unspecified atom stereocenters. The molecule has 0 saturated carbocycles. The summed E-state index contributed by atoms with van der Waals surface area (Å²) in [6.07, 6.45) is 8.08. The van der Waals surface area contributed by atoms with E-state index in [2.05, 4.69) is 28.7 Å². The number of aromatic nitrogens is 2. The van der Waals surface area contributed by atoms with Crippen LogP contribution in [0.4, 0.5) is 4.39 Å². The summed E-state index contributed by atoms with van der Waals surface area (Å²) in [4.78, 5) is 8.66. The van der Waals surface area contributed by atoms with Crippen LogP contribution in [0.15, 0.2) is 30.6 Å². The molecular formula is C20H23FN2O. The van der Waals surface area contributed by atoms with Gasteiger partial charge in [-0.05, 0) is 50.5 Å². The molecule has 0 radical (unpaired) electrons. The van der Waals surface area contributed by atoms with E-state index in [1.165, 1.54) is 18.9 Å². The maximum Gasteiger partial charge on any atom is 0.159 e. The van der Waals surface area contributed by atoms with Gasteiger partial charge in [0.15, 0.2) is 5.82 Å². The molecule has 2 rings (SSSR count). The molecule has 4 heteroatoms. The number of halogens is 1. The first kappa shape index (κ1) is 18.1. The first-order chi connectivity index (χ1) is 11.4. The number of nitrogens with zero attached hydrogens (tertiary/aromatic N) is 2. The average Bonchev–Trinajstić information content (AvgIpc) is 2.54. The summed E-state index contributed by atoms with van der Waals surface area (Å²) < 4.78 is 14.2. The number of unbranched alkanes of at least 4 members (excludes halogenated alkanes) is 2. The van der Waals surface area contributed by atoms with Crippen LogP contribution < -0.4 is 0 Å². The van der Waals surface area contributed by atoms with E-state index < -0.39 is 11.4 Å². The minimum Gasteiger partial charge on any atom is -0.378 e. The fourth-order valence-electron chi connectivity index (χ4n) is 2.19. The Kier molecular flexibility index (Phi) is 6.05. The van der Waals surface area contributed by atoms with Crippen LogP contribution in [0.3, 0.4) is 0 Å². The average molecular weight is 326 g/mol. The summed E-state index contributed by atoms with van der Waals surface area (Å²) in [5.74, 6) is 5.31. The van der Waals surface area contributed by atoms with Crippen molar-refractivity contribution < 1.29 is 9.50 Å². The molecule has 0 aliphatic heterocycles. The van der Waals surface area contributed by atoms with E-state index in [0.29, 0.717) is 11.4 Å². The molecule has 2 aromatic rings. The third-order valence-electron chi connectivity index (χ3n) is 3.50. The summed E-state index contributed by atoms with van der Waals surface area (Å²) >= 11 is 0. The minimum absolute atomic E-state index is 0.247. The van der Waals surface area contributed by atoms with Gasteiger partial charge in [-0.2, -0.15) is 0 Å². The molecule has 0 amide bonds. The predicted molar refractivity (Wildman–Crippen MR) is 93.8 cm³/mol. The first-order valence-electron chi connectivity index (χ1n) is 8.25. The van der Waals surface area contributed by atoms with Gasteiger partial charge in [0, 0.05) is 18.0 Å². The first-order valence-corrected chi connectivity index (χ1v) is 8.25. The third-order valence-corrected chi connectivity index (χ3v) is 3.50.